The summed E-state index contributed by atoms with van der Waals surface area (Å²) in [4.78, 5) is 2.61. The molecule has 2 aliphatic rings. The molecule has 0 aliphatic carbocycles. The maximum Gasteiger partial charge on any atom is 0.118 e. The molecule has 0 aromatic carbocycles. The zero-order valence-electron chi connectivity index (χ0n) is 11.0. The number of hydrogen-bond acceptors (Lipinski definition) is 3. The van der Waals surface area contributed by atoms with Gasteiger partial charge in [-0.25, -0.2) is 0 Å². The topological polar surface area (TPSA) is 24.5 Å². The lowest BCUT2D eigenvalue weighted by Crippen LogP contribution is -2.48. The van der Waals surface area contributed by atoms with Crippen molar-refractivity contribution in [1.82, 2.24) is 10.2 Å². The number of rotatable bonds is 3. The van der Waals surface area contributed by atoms with Crippen molar-refractivity contribution in [3.8, 4) is 0 Å². The summed E-state index contributed by atoms with van der Waals surface area (Å²) in [6, 6.07) is 0.710. The van der Waals surface area contributed by atoms with Gasteiger partial charge in [-0.2, -0.15) is 0 Å². The van der Waals surface area contributed by atoms with Crippen LogP contribution in [0.15, 0.2) is 0 Å². The summed E-state index contributed by atoms with van der Waals surface area (Å²) in [5, 5.41) is 3.53. The fourth-order valence-electron chi connectivity index (χ4n) is 3.16. The molecule has 2 saturated heterocycles. The predicted octanol–water partition coefficient (Wildman–Crippen LogP) is 1.98. The average Bonchev–Trinajstić information content (AvgIpc) is 2.59. The van der Waals surface area contributed by atoms with Crippen molar-refractivity contribution in [2.45, 2.75) is 64.3 Å². The Morgan fingerprint density at radius 3 is 2.88 bits per heavy atom. The molecule has 3 atom stereocenters. The van der Waals surface area contributed by atoms with Crippen LogP contribution >= 0.6 is 0 Å². The van der Waals surface area contributed by atoms with E-state index in [4.69, 9.17) is 4.74 Å². The first kappa shape index (κ1) is 12.3. The van der Waals surface area contributed by atoms with E-state index in [-0.39, 0.29) is 5.72 Å². The van der Waals surface area contributed by atoms with E-state index in [1.165, 1.54) is 32.4 Å². The minimum atomic E-state index is -0.0884. The monoisotopic (exact) mass is 226 g/mol. The van der Waals surface area contributed by atoms with Gasteiger partial charge in [0.05, 0.1) is 6.10 Å². The molecule has 3 unspecified atom stereocenters. The third-order valence-corrected chi connectivity index (χ3v) is 4.01. The van der Waals surface area contributed by atoms with Crippen molar-refractivity contribution in [3.63, 3.8) is 0 Å². The molecule has 2 heterocycles. The summed E-state index contributed by atoms with van der Waals surface area (Å²) in [5.41, 5.74) is -0.0884. The van der Waals surface area contributed by atoms with E-state index in [9.17, 15) is 0 Å². The highest BCUT2D eigenvalue weighted by molar-refractivity contribution is 4.88. The zero-order valence-corrected chi connectivity index (χ0v) is 11.0. The predicted molar refractivity (Wildman–Crippen MR) is 66.5 cm³/mol. The molecule has 1 N–H and O–H groups in total. The molecule has 0 amide bonds. The summed E-state index contributed by atoms with van der Waals surface area (Å²) < 4.78 is 6.01. The fourth-order valence-corrected chi connectivity index (χ4v) is 3.16. The van der Waals surface area contributed by atoms with E-state index < -0.39 is 0 Å². The van der Waals surface area contributed by atoms with E-state index >= 15 is 0 Å². The van der Waals surface area contributed by atoms with Gasteiger partial charge in [0.25, 0.3) is 0 Å². The van der Waals surface area contributed by atoms with Crippen LogP contribution in [0, 0.1) is 0 Å². The first-order chi connectivity index (χ1) is 7.63. The second-order valence-electron chi connectivity index (χ2n) is 5.52. The molecule has 0 radical (unpaired) electrons. The Hall–Kier alpha value is -0.120. The van der Waals surface area contributed by atoms with Gasteiger partial charge in [-0.15, -0.1) is 0 Å². The SMILES string of the molecule is CCN1CCCCC1CC1(C)NCC(C)O1. The van der Waals surface area contributed by atoms with Gasteiger partial charge in [-0.3, -0.25) is 5.32 Å². The third kappa shape index (κ3) is 2.76. The molecule has 0 aromatic rings. The van der Waals surface area contributed by atoms with Gasteiger partial charge < -0.3 is 9.64 Å². The molecule has 94 valence electrons. The highest BCUT2D eigenvalue weighted by Gasteiger charge is 2.37. The van der Waals surface area contributed by atoms with Gasteiger partial charge in [0.15, 0.2) is 0 Å². The van der Waals surface area contributed by atoms with E-state index in [1.54, 1.807) is 0 Å². The molecule has 0 saturated carbocycles. The van der Waals surface area contributed by atoms with E-state index in [2.05, 4.69) is 31.0 Å². The minimum absolute atomic E-state index is 0.0884. The van der Waals surface area contributed by atoms with Crippen LogP contribution in [-0.4, -0.2) is 42.4 Å². The summed E-state index contributed by atoms with van der Waals surface area (Å²) in [6.07, 6.45) is 5.58. The number of hydrogen-bond donors (Lipinski definition) is 1. The van der Waals surface area contributed by atoms with Crippen molar-refractivity contribution in [2.75, 3.05) is 19.6 Å². The van der Waals surface area contributed by atoms with Gasteiger partial charge in [-0.1, -0.05) is 13.3 Å². The van der Waals surface area contributed by atoms with Crippen LogP contribution in [-0.2, 0) is 4.74 Å². The van der Waals surface area contributed by atoms with E-state index in [0.29, 0.717) is 12.1 Å². The van der Waals surface area contributed by atoms with Crippen LogP contribution in [0.3, 0.4) is 0 Å². The lowest BCUT2D eigenvalue weighted by atomic mass is 9.95. The molecule has 16 heavy (non-hydrogen) atoms. The largest absolute Gasteiger partial charge is 0.357 e. The summed E-state index contributed by atoms with van der Waals surface area (Å²) in [7, 11) is 0. The van der Waals surface area contributed by atoms with Gasteiger partial charge in [0, 0.05) is 19.0 Å². The summed E-state index contributed by atoms with van der Waals surface area (Å²) in [5.74, 6) is 0. The van der Waals surface area contributed by atoms with Crippen LogP contribution in [0.2, 0.25) is 0 Å². The molecule has 2 aliphatic heterocycles. The number of likely N-dealkylation sites (tertiary alicyclic amines) is 1. The van der Waals surface area contributed by atoms with Crippen molar-refractivity contribution in [2.24, 2.45) is 0 Å². The minimum Gasteiger partial charge on any atom is -0.357 e. The Balaban J connectivity index is 1.92. The lowest BCUT2D eigenvalue weighted by molar-refractivity contribution is -0.0557. The highest BCUT2D eigenvalue weighted by atomic mass is 16.5. The first-order valence-electron chi connectivity index (χ1n) is 6.80. The van der Waals surface area contributed by atoms with Crippen LogP contribution in [0.1, 0.15) is 46.5 Å². The van der Waals surface area contributed by atoms with Crippen molar-refractivity contribution >= 4 is 0 Å². The fraction of sp³-hybridized carbons (Fsp3) is 1.00. The second kappa shape index (κ2) is 5.03. The standard InChI is InChI=1S/C13H26N2O/c1-4-15-8-6-5-7-12(15)9-13(3)14-10-11(2)16-13/h11-12,14H,4-10H2,1-3H3. The normalized spacial score (nSPS) is 41.4. The Morgan fingerprint density at radius 2 is 2.25 bits per heavy atom. The Morgan fingerprint density at radius 1 is 1.44 bits per heavy atom. The Labute approximate surface area is 99.5 Å². The quantitative estimate of drug-likeness (QED) is 0.796. The second-order valence-corrected chi connectivity index (χ2v) is 5.52. The third-order valence-electron chi connectivity index (χ3n) is 4.01. The van der Waals surface area contributed by atoms with Crippen LogP contribution in [0.4, 0.5) is 0 Å². The Bertz CT molecular complexity index is 234. The first-order valence-corrected chi connectivity index (χ1v) is 6.80. The lowest BCUT2D eigenvalue weighted by Gasteiger charge is -2.39. The molecular formula is C13H26N2O. The van der Waals surface area contributed by atoms with Gasteiger partial charge in [-0.05, 0) is 39.8 Å². The smallest absolute Gasteiger partial charge is 0.118 e. The highest BCUT2D eigenvalue weighted by Crippen LogP contribution is 2.28. The number of nitrogens with zero attached hydrogens (tertiary/aromatic N) is 1. The molecule has 0 bridgehead atoms. The molecule has 2 fully saturated rings. The number of piperidine rings is 1. The molecule has 2 rings (SSSR count). The van der Waals surface area contributed by atoms with E-state index in [0.717, 1.165) is 13.0 Å². The maximum atomic E-state index is 6.01. The molecule has 3 heteroatoms. The van der Waals surface area contributed by atoms with Crippen molar-refractivity contribution in [1.29, 1.82) is 0 Å². The maximum absolute atomic E-state index is 6.01. The summed E-state index contributed by atoms with van der Waals surface area (Å²) >= 11 is 0. The molecular weight excluding hydrogens is 200 g/mol. The Kier molecular flexibility index (Phi) is 3.88. The molecule has 0 spiro atoms. The van der Waals surface area contributed by atoms with Crippen molar-refractivity contribution in [3.05, 3.63) is 0 Å². The van der Waals surface area contributed by atoms with Gasteiger partial charge >= 0.3 is 0 Å². The van der Waals surface area contributed by atoms with Gasteiger partial charge in [0.2, 0.25) is 0 Å². The van der Waals surface area contributed by atoms with Gasteiger partial charge in [0.1, 0.15) is 5.72 Å². The van der Waals surface area contributed by atoms with Crippen LogP contribution < -0.4 is 5.32 Å². The van der Waals surface area contributed by atoms with Crippen LogP contribution in [0.5, 0.6) is 0 Å². The van der Waals surface area contributed by atoms with Crippen molar-refractivity contribution < 1.29 is 4.74 Å². The number of ether oxygens (including phenoxy) is 1. The van der Waals surface area contributed by atoms with Crippen LogP contribution in [0.25, 0.3) is 0 Å². The summed E-state index contributed by atoms with van der Waals surface area (Å²) in [6.45, 7) is 10.1. The average molecular weight is 226 g/mol. The number of nitrogens with one attached hydrogen (secondary N) is 1. The van der Waals surface area contributed by atoms with E-state index in [1.807, 2.05) is 0 Å². The molecule has 3 nitrogen and oxygen atoms in total. The zero-order chi connectivity index (χ0) is 11.6. The molecule has 0 aromatic heterocycles.